The maximum atomic E-state index is 4.73. The summed E-state index contributed by atoms with van der Waals surface area (Å²) in [6.07, 6.45) is 9.06. The predicted molar refractivity (Wildman–Crippen MR) is 135 cm³/mol. The number of rotatable bonds is 6. The fourth-order valence-corrected chi connectivity index (χ4v) is 4.56. The molecular weight excluding hydrogens is 442 g/mol. The first-order chi connectivity index (χ1) is 16.8. The fraction of sp³-hybridized carbons (Fsp3) is 0. The van der Waals surface area contributed by atoms with Crippen LogP contribution in [0.2, 0.25) is 0 Å². The van der Waals surface area contributed by atoms with Crippen molar-refractivity contribution in [1.82, 2.24) is 30.1 Å². The Kier molecular flexibility index (Phi) is 5.25. The third-order valence-corrected chi connectivity index (χ3v) is 6.33. The van der Waals surface area contributed by atoms with Gasteiger partial charge in [-0.15, -0.1) is 0 Å². The molecule has 6 aromatic rings. The molecule has 0 fully saturated rings. The van der Waals surface area contributed by atoms with Crippen LogP contribution in [0.3, 0.4) is 0 Å². The summed E-state index contributed by atoms with van der Waals surface area (Å²) >= 11 is 1.68. The summed E-state index contributed by atoms with van der Waals surface area (Å²) in [6.45, 7) is 0. The van der Waals surface area contributed by atoms with Crippen molar-refractivity contribution in [1.29, 1.82) is 0 Å². The highest BCUT2D eigenvalue weighted by atomic mass is 32.2. The summed E-state index contributed by atoms with van der Waals surface area (Å²) in [4.78, 5) is 17.9. The zero-order valence-electron chi connectivity index (χ0n) is 17.9. The van der Waals surface area contributed by atoms with E-state index in [-0.39, 0.29) is 0 Å². The molecular formula is C26H19N7S. The van der Waals surface area contributed by atoms with Crippen LogP contribution in [0.1, 0.15) is 0 Å². The second-order valence-corrected chi connectivity index (χ2v) is 8.79. The van der Waals surface area contributed by atoms with Crippen molar-refractivity contribution in [2.45, 2.75) is 9.92 Å². The Morgan fingerprint density at radius 1 is 0.794 bits per heavy atom. The first kappa shape index (κ1) is 20.2. The van der Waals surface area contributed by atoms with Crippen molar-refractivity contribution in [2.24, 2.45) is 0 Å². The highest BCUT2D eigenvalue weighted by Crippen LogP contribution is 2.31. The number of nitrogens with one attached hydrogen (secondary N) is 3. The summed E-state index contributed by atoms with van der Waals surface area (Å²) in [5.74, 6) is 1.40. The summed E-state index contributed by atoms with van der Waals surface area (Å²) in [5, 5.41) is 12.4. The minimum Gasteiger partial charge on any atom is -0.349 e. The molecule has 0 aliphatic heterocycles. The van der Waals surface area contributed by atoms with Crippen LogP contribution in [0.15, 0.2) is 108 Å². The first-order valence-corrected chi connectivity index (χ1v) is 11.5. The van der Waals surface area contributed by atoms with Crippen LogP contribution in [0.25, 0.3) is 33.4 Å². The van der Waals surface area contributed by atoms with E-state index in [1.54, 1.807) is 36.5 Å². The molecule has 0 spiro atoms. The molecule has 4 heterocycles. The lowest BCUT2D eigenvalue weighted by molar-refractivity contribution is 1.09. The number of hydrogen-bond acceptors (Lipinski definition) is 6. The van der Waals surface area contributed by atoms with E-state index in [0.29, 0.717) is 5.82 Å². The Morgan fingerprint density at radius 2 is 1.65 bits per heavy atom. The highest BCUT2D eigenvalue weighted by Gasteiger charge is 2.08. The Bertz CT molecular complexity index is 1540. The van der Waals surface area contributed by atoms with Crippen LogP contribution >= 0.6 is 11.8 Å². The lowest BCUT2D eigenvalue weighted by Gasteiger charge is -2.08. The Balaban J connectivity index is 1.22. The Labute approximate surface area is 199 Å². The molecule has 0 unspecified atom stereocenters. The largest absolute Gasteiger partial charge is 0.349 e. The zero-order chi connectivity index (χ0) is 22.7. The van der Waals surface area contributed by atoms with E-state index in [2.05, 4.69) is 66.9 Å². The van der Waals surface area contributed by atoms with Crippen molar-refractivity contribution in [3.05, 3.63) is 97.7 Å². The van der Waals surface area contributed by atoms with E-state index in [1.807, 2.05) is 36.5 Å². The second-order valence-electron chi connectivity index (χ2n) is 7.68. The molecule has 0 aliphatic rings. The number of anilines is 2. The molecule has 8 heteroatoms. The minimum absolute atomic E-state index is 0.667. The van der Waals surface area contributed by atoms with E-state index < -0.39 is 0 Å². The van der Waals surface area contributed by atoms with Crippen molar-refractivity contribution in [3.63, 3.8) is 0 Å². The first-order valence-electron chi connectivity index (χ1n) is 10.7. The van der Waals surface area contributed by atoms with E-state index >= 15 is 0 Å². The molecule has 0 aliphatic carbocycles. The van der Waals surface area contributed by atoms with Gasteiger partial charge in [-0.1, -0.05) is 36.0 Å². The standard InChI is InChI=1S/C26H19N7S/c1-2-19(13-23-18(1)14-25(32-23)34-22-7-10-27-11-8-22)26-28-12-9-24(33-26)31-21-5-3-17(4-6-21)20-15-29-30-16-20/h1-16,32H,(H,29,30)(H,28,31,33). The third kappa shape index (κ3) is 4.26. The van der Waals surface area contributed by atoms with Gasteiger partial charge in [-0.25, -0.2) is 9.97 Å². The summed E-state index contributed by atoms with van der Waals surface area (Å²) in [5.41, 5.74) is 5.11. The molecule has 0 saturated carbocycles. The van der Waals surface area contributed by atoms with Gasteiger partial charge >= 0.3 is 0 Å². The smallest absolute Gasteiger partial charge is 0.161 e. The molecule has 3 N–H and O–H groups in total. The van der Waals surface area contributed by atoms with Crippen LogP contribution in [-0.2, 0) is 0 Å². The van der Waals surface area contributed by atoms with E-state index in [1.165, 1.54) is 0 Å². The summed E-state index contributed by atoms with van der Waals surface area (Å²) < 4.78 is 0. The molecule has 164 valence electrons. The molecule has 2 aromatic carbocycles. The predicted octanol–water partition coefficient (Wildman–Crippen LogP) is 6.30. The molecule has 34 heavy (non-hydrogen) atoms. The van der Waals surface area contributed by atoms with Gasteiger partial charge < -0.3 is 10.3 Å². The SMILES string of the molecule is c1cc(Sc2cc3ccc(-c4nccc(Nc5ccc(-c6cn[nH]c6)cc5)n4)cc3[nH]2)ccn1. The summed E-state index contributed by atoms with van der Waals surface area (Å²) in [7, 11) is 0. The Morgan fingerprint density at radius 3 is 2.47 bits per heavy atom. The number of nitrogens with zero attached hydrogens (tertiary/aromatic N) is 4. The molecule has 0 bridgehead atoms. The number of benzene rings is 2. The number of aromatic amines is 2. The van der Waals surface area contributed by atoms with Gasteiger partial charge in [-0.05, 0) is 48.0 Å². The van der Waals surface area contributed by atoms with Gasteiger partial charge in [-0.3, -0.25) is 10.1 Å². The number of H-pyrrole nitrogens is 2. The number of aromatic nitrogens is 6. The van der Waals surface area contributed by atoms with Gasteiger partial charge in [-0.2, -0.15) is 5.10 Å². The molecule has 0 amide bonds. The van der Waals surface area contributed by atoms with Crippen molar-refractivity contribution in [3.8, 4) is 22.5 Å². The minimum atomic E-state index is 0.667. The monoisotopic (exact) mass is 461 g/mol. The number of pyridine rings is 1. The van der Waals surface area contributed by atoms with Crippen molar-refractivity contribution >= 4 is 34.2 Å². The topological polar surface area (TPSA) is 95.2 Å². The van der Waals surface area contributed by atoms with Crippen LogP contribution < -0.4 is 5.32 Å². The molecule has 0 radical (unpaired) electrons. The molecule has 7 nitrogen and oxygen atoms in total. The van der Waals surface area contributed by atoms with E-state index in [0.717, 1.165) is 49.0 Å². The van der Waals surface area contributed by atoms with Crippen LogP contribution in [0, 0.1) is 0 Å². The molecule has 6 rings (SSSR count). The average molecular weight is 462 g/mol. The molecule has 0 atom stereocenters. The lowest BCUT2D eigenvalue weighted by atomic mass is 10.1. The van der Waals surface area contributed by atoms with E-state index in [4.69, 9.17) is 4.98 Å². The fourth-order valence-electron chi connectivity index (χ4n) is 3.70. The van der Waals surface area contributed by atoms with Crippen molar-refractivity contribution in [2.75, 3.05) is 5.32 Å². The maximum absolute atomic E-state index is 4.73. The van der Waals surface area contributed by atoms with Gasteiger partial charge in [0.15, 0.2) is 5.82 Å². The normalized spacial score (nSPS) is 11.1. The summed E-state index contributed by atoms with van der Waals surface area (Å²) in [6, 6.07) is 22.4. The number of fused-ring (bicyclic) bond motifs is 1. The van der Waals surface area contributed by atoms with Gasteiger partial charge in [0.2, 0.25) is 0 Å². The highest BCUT2D eigenvalue weighted by molar-refractivity contribution is 7.99. The third-order valence-electron chi connectivity index (χ3n) is 5.38. The zero-order valence-corrected chi connectivity index (χ0v) is 18.8. The van der Waals surface area contributed by atoms with Gasteiger partial charge in [0.1, 0.15) is 5.82 Å². The van der Waals surface area contributed by atoms with E-state index in [9.17, 15) is 0 Å². The second kappa shape index (κ2) is 8.84. The number of hydrogen-bond donors (Lipinski definition) is 3. The lowest BCUT2D eigenvalue weighted by Crippen LogP contribution is -1.96. The quantitative estimate of drug-likeness (QED) is 0.269. The van der Waals surface area contributed by atoms with Gasteiger partial charge in [0.05, 0.1) is 11.2 Å². The van der Waals surface area contributed by atoms with Gasteiger partial charge in [0, 0.05) is 57.4 Å². The van der Waals surface area contributed by atoms with Crippen LogP contribution in [0.5, 0.6) is 0 Å². The van der Waals surface area contributed by atoms with Crippen LogP contribution in [0.4, 0.5) is 11.5 Å². The maximum Gasteiger partial charge on any atom is 0.161 e. The Hall–Kier alpha value is -4.43. The van der Waals surface area contributed by atoms with Crippen molar-refractivity contribution < 1.29 is 0 Å². The average Bonchev–Trinajstić information content (AvgIpc) is 3.55. The molecule has 0 saturated heterocycles. The van der Waals surface area contributed by atoms with Gasteiger partial charge in [0.25, 0.3) is 0 Å². The molecule has 4 aromatic heterocycles. The van der Waals surface area contributed by atoms with Crippen LogP contribution in [-0.4, -0.2) is 30.1 Å².